The van der Waals surface area contributed by atoms with Crippen molar-refractivity contribution in [3.63, 3.8) is 0 Å². The van der Waals surface area contributed by atoms with Crippen LogP contribution < -0.4 is 0 Å². The molecule has 0 bridgehead atoms. The predicted molar refractivity (Wildman–Crippen MR) is 48.1 cm³/mol. The summed E-state index contributed by atoms with van der Waals surface area (Å²) in [7, 11) is 0. The molecule has 0 aromatic heterocycles. The van der Waals surface area contributed by atoms with Crippen molar-refractivity contribution in [1.29, 1.82) is 0 Å². The molecule has 0 heterocycles. The number of hydrogen-bond acceptors (Lipinski definition) is 1. The highest BCUT2D eigenvalue weighted by atomic mass is 35.5. The number of hydrogen-bond donors (Lipinski definition) is 1. The molecule has 2 nitrogen and oxygen atoms in total. The summed E-state index contributed by atoms with van der Waals surface area (Å²) in [4.78, 5) is 11.0. The van der Waals surface area contributed by atoms with Gasteiger partial charge in [0.15, 0.2) is 0 Å². The maximum absolute atomic E-state index is 11.0. The van der Waals surface area contributed by atoms with Crippen LogP contribution in [0.2, 0.25) is 0 Å². The first-order valence-electron chi connectivity index (χ1n) is 4.15. The fraction of sp³-hybridized carbons (Fsp3) is 0.667. The van der Waals surface area contributed by atoms with Gasteiger partial charge >= 0.3 is 5.97 Å². The molecule has 0 radical (unpaired) electrons. The molecule has 68 valence electrons. The maximum atomic E-state index is 11.0. The zero-order valence-electron chi connectivity index (χ0n) is 7.14. The second-order valence-corrected chi connectivity index (χ2v) is 4.00. The standard InChI is InChI=1S/C9H13ClO2/c1-7(10)6-9(8(11)12)4-2-3-5-9/h6H,2-5H2,1H3,(H,11,12)/b7-6+. The average Bonchev–Trinajstić information content (AvgIpc) is 2.35. The molecule has 12 heavy (non-hydrogen) atoms. The first-order chi connectivity index (χ1) is 5.57. The molecule has 0 aromatic carbocycles. The molecule has 0 atom stereocenters. The molecule has 1 rings (SSSR count). The van der Waals surface area contributed by atoms with Gasteiger partial charge in [0.1, 0.15) is 0 Å². The molecule has 0 saturated heterocycles. The Bertz CT molecular complexity index is 211. The van der Waals surface area contributed by atoms with E-state index in [1.54, 1.807) is 13.0 Å². The SMILES string of the molecule is C/C(Cl)=C\C1(C(=O)O)CCCC1. The summed E-state index contributed by atoms with van der Waals surface area (Å²) in [6.07, 6.45) is 5.13. The van der Waals surface area contributed by atoms with Gasteiger partial charge in [-0.1, -0.05) is 30.5 Å². The predicted octanol–water partition coefficient (Wildman–Crippen LogP) is 2.77. The molecular formula is C9H13ClO2. The zero-order chi connectivity index (χ0) is 9.19. The lowest BCUT2D eigenvalue weighted by molar-refractivity contribution is -0.145. The number of allylic oxidation sites excluding steroid dienone is 1. The van der Waals surface area contributed by atoms with E-state index in [1.165, 1.54) is 0 Å². The molecule has 3 heteroatoms. The molecule has 1 N–H and O–H groups in total. The zero-order valence-corrected chi connectivity index (χ0v) is 7.90. The molecule has 0 spiro atoms. The fourth-order valence-electron chi connectivity index (χ4n) is 1.81. The molecule has 1 fully saturated rings. The average molecular weight is 189 g/mol. The molecule has 0 amide bonds. The largest absolute Gasteiger partial charge is 0.481 e. The quantitative estimate of drug-likeness (QED) is 0.724. The normalized spacial score (nSPS) is 22.7. The molecule has 0 unspecified atom stereocenters. The molecule has 0 aromatic rings. The van der Waals surface area contributed by atoms with Gasteiger partial charge in [0, 0.05) is 5.03 Å². The van der Waals surface area contributed by atoms with Gasteiger partial charge in [-0.2, -0.15) is 0 Å². The van der Waals surface area contributed by atoms with Gasteiger partial charge in [-0.05, 0) is 19.8 Å². The highest BCUT2D eigenvalue weighted by Gasteiger charge is 2.39. The van der Waals surface area contributed by atoms with Gasteiger partial charge in [-0.25, -0.2) is 0 Å². The highest BCUT2D eigenvalue weighted by Crippen LogP contribution is 2.40. The van der Waals surface area contributed by atoms with Crippen LogP contribution in [0.4, 0.5) is 0 Å². The third kappa shape index (κ3) is 1.81. The summed E-state index contributed by atoms with van der Waals surface area (Å²) < 4.78 is 0. The number of aliphatic carboxylic acids is 1. The Labute approximate surface area is 77.2 Å². The van der Waals surface area contributed by atoms with E-state index in [9.17, 15) is 4.79 Å². The van der Waals surface area contributed by atoms with Crippen LogP contribution in [0.1, 0.15) is 32.6 Å². The summed E-state index contributed by atoms with van der Waals surface area (Å²) in [6, 6.07) is 0. The van der Waals surface area contributed by atoms with E-state index in [1.807, 2.05) is 0 Å². The first kappa shape index (κ1) is 9.59. The van der Waals surface area contributed by atoms with E-state index in [0.717, 1.165) is 25.7 Å². The van der Waals surface area contributed by atoms with Crippen LogP contribution in [0.25, 0.3) is 0 Å². The minimum Gasteiger partial charge on any atom is -0.481 e. The van der Waals surface area contributed by atoms with Crippen molar-refractivity contribution in [1.82, 2.24) is 0 Å². The van der Waals surface area contributed by atoms with E-state index in [4.69, 9.17) is 16.7 Å². The Hall–Kier alpha value is -0.500. The Morgan fingerprint density at radius 3 is 2.33 bits per heavy atom. The number of rotatable bonds is 2. The van der Waals surface area contributed by atoms with Crippen molar-refractivity contribution < 1.29 is 9.90 Å². The molecular weight excluding hydrogens is 176 g/mol. The smallest absolute Gasteiger partial charge is 0.313 e. The van der Waals surface area contributed by atoms with Crippen molar-refractivity contribution in [3.8, 4) is 0 Å². The Kier molecular flexibility index (Phi) is 2.78. The summed E-state index contributed by atoms with van der Waals surface area (Å²) in [6.45, 7) is 1.73. The molecule has 1 aliphatic carbocycles. The Balaban J connectivity index is 2.87. The van der Waals surface area contributed by atoms with Crippen molar-refractivity contribution in [2.24, 2.45) is 5.41 Å². The fourth-order valence-corrected chi connectivity index (χ4v) is 2.02. The second-order valence-electron chi connectivity index (χ2n) is 3.40. The number of carbonyl (C=O) groups is 1. The van der Waals surface area contributed by atoms with Crippen LogP contribution in [-0.2, 0) is 4.79 Å². The minimum atomic E-state index is -0.736. The van der Waals surface area contributed by atoms with E-state index in [2.05, 4.69) is 0 Å². The van der Waals surface area contributed by atoms with Gasteiger partial charge < -0.3 is 5.11 Å². The number of carboxylic acid groups (broad SMARTS) is 1. The monoisotopic (exact) mass is 188 g/mol. The summed E-state index contributed by atoms with van der Waals surface area (Å²) in [5.41, 5.74) is -0.661. The van der Waals surface area contributed by atoms with Crippen LogP contribution in [0, 0.1) is 5.41 Å². The summed E-state index contributed by atoms with van der Waals surface area (Å²) >= 11 is 5.69. The minimum absolute atomic E-state index is 0.583. The van der Waals surface area contributed by atoms with E-state index < -0.39 is 11.4 Å². The van der Waals surface area contributed by atoms with Gasteiger partial charge in [-0.3, -0.25) is 4.79 Å². The van der Waals surface area contributed by atoms with Gasteiger partial charge in [-0.15, -0.1) is 0 Å². The van der Waals surface area contributed by atoms with Crippen LogP contribution in [0.5, 0.6) is 0 Å². The Morgan fingerprint density at radius 1 is 1.50 bits per heavy atom. The Morgan fingerprint density at radius 2 is 2.00 bits per heavy atom. The third-order valence-electron chi connectivity index (χ3n) is 2.40. The van der Waals surface area contributed by atoms with Gasteiger partial charge in [0.05, 0.1) is 5.41 Å². The third-order valence-corrected chi connectivity index (χ3v) is 2.51. The van der Waals surface area contributed by atoms with Crippen LogP contribution in [0.3, 0.4) is 0 Å². The lowest BCUT2D eigenvalue weighted by Crippen LogP contribution is -2.25. The van der Waals surface area contributed by atoms with Crippen LogP contribution >= 0.6 is 11.6 Å². The van der Waals surface area contributed by atoms with E-state index in [-0.39, 0.29) is 0 Å². The van der Waals surface area contributed by atoms with Gasteiger partial charge in [0.25, 0.3) is 0 Å². The van der Waals surface area contributed by atoms with Crippen molar-refractivity contribution in [3.05, 3.63) is 11.1 Å². The molecule has 1 saturated carbocycles. The molecule has 0 aliphatic heterocycles. The number of halogens is 1. The van der Waals surface area contributed by atoms with Crippen molar-refractivity contribution >= 4 is 17.6 Å². The first-order valence-corrected chi connectivity index (χ1v) is 4.53. The lowest BCUT2D eigenvalue weighted by atomic mass is 9.86. The molecule has 1 aliphatic rings. The van der Waals surface area contributed by atoms with Crippen molar-refractivity contribution in [2.75, 3.05) is 0 Å². The lowest BCUT2D eigenvalue weighted by Gasteiger charge is -2.18. The summed E-state index contributed by atoms with van der Waals surface area (Å²) in [5, 5.41) is 9.59. The van der Waals surface area contributed by atoms with Gasteiger partial charge in [0.2, 0.25) is 0 Å². The van der Waals surface area contributed by atoms with E-state index >= 15 is 0 Å². The summed E-state index contributed by atoms with van der Waals surface area (Å²) in [5.74, 6) is -0.736. The van der Waals surface area contributed by atoms with E-state index in [0.29, 0.717) is 5.03 Å². The maximum Gasteiger partial charge on any atom is 0.313 e. The number of carboxylic acids is 1. The second kappa shape index (κ2) is 3.48. The highest BCUT2D eigenvalue weighted by molar-refractivity contribution is 6.29. The van der Waals surface area contributed by atoms with Crippen LogP contribution in [-0.4, -0.2) is 11.1 Å². The van der Waals surface area contributed by atoms with Crippen molar-refractivity contribution in [2.45, 2.75) is 32.6 Å². The topological polar surface area (TPSA) is 37.3 Å². The van der Waals surface area contributed by atoms with Crippen LogP contribution in [0.15, 0.2) is 11.1 Å².